The first-order valence-electron chi connectivity index (χ1n) is 5.77. The molecule has 0 saturated carbocycles. The Morgan fingerprint density at radius 2 is 1.94 bits per heavy atom. The van der Waals surface area contributed by atoms with Crippen LogP contribution < -0.4 is 10.6 Å². The lowest BCUT2D eigenvalue weighted by molar-refractivity contribution is 1.000. The highest BCUT2D eigenvalue weighted by Gasteiger charge is 1.97. The normalized spacial score (nSPS) is 10.1. The minimum atomic E-state index is 0.617. The van der Waals surface area contributed by atoms with Gasteiger partial charge in [-0.2, -0.15) is 4.98 Å². The maximum Gasteiger partial charge on any atom is 0.224 e. The molecule has 0 aliphatic rings. The van der Waals surface area contributed by atoms with Gasteiger partial charge in [0, 0.05) is 24.8 Å². The monoisotopic (exact) mass is 262 g/mol. The summed E-state index contributed by atoms with van der Waals surface area (Å²) in [5, 5.41) is 6.93. The molecule has 18 heavy (non-hydrogen) atoms. The second kappa shape index (κ2) is 6.21. The predicted molar refractivity (Wildman–Crippen MR) is 75.2 cm³/mol. The number of nitrogens with zero attached hydrogens (tertiary/aromatic N) is 2. The Kier molecular flexibility index (Phi) is 4.36. The first-order chi connectivity index (χ1) is 8.78. The molecule has 0 unspecified atom stereocenters. The van der Waals surface area contributed by atoms with E-state index in [0.29, 0.717) is 5.95 Å². The van der Waals surface area contributed by atoms with Crippen molar-refractivity contribution in [2.24, 2.45) is 0 Å². The van der Waals surface area contributed by atoms with Gasteiger partial charge >= 0.3 is 0 Å². The van der Waals surface area contributed by atoms with Crippen LogP contribution in [0.2, 0.25) is 5.02 Å². The smallest absolute Gasteiger partial charge is 0.224 e. The van der Waals surface area contributed by atoms with Crippen LogP contribution in [-0.2, 0) is 6.42 Å². The quantitative estimate of drug-likeness (QED) is 0.870. The zero-order chi connectivity index (χ0) is 12.8. The van der Waals surface area contributed by atoms with Gasteiger partial charge in [0.25, 0.3) is 0 Å². The molecule has 5 heteroatoms. The van der Waals surface area contributed by atoms with E-state index in [9.17, 15) is 0 Å². The molecule has 0 aliphatic heterocycles. The molecule has 4 nitrogen and oxygen atoms in total. The summed E-state index contributed by atoms with van der Waals surface area (Å²) in [6.07, 6.45) is 2.65. The molecule has 2 N–H and O–H groups in total. The van der Waals surface area contributed by atoms with Gasteiger partial charge in [-0.1, -0.05) is 23.7 Å². The largest absolute Gasteiger partial charge is 0.370 e. The van der Waals surface area contributed by atoms with Gasteiger partial charge in [0.2, 0.25) is 5.95 Å². The molecule has 0 spiro atoms. The molecule has 0 amide bonds. The third-order valence-electron chi connectivity index (χ3n) is 2.51. The minimum Gasteiger partial charge on any atom is -0.370 e. The Bertz CT molecular complexity index is 499. The summed E-state index contributed by atoms with van der Waals surface area (Å²) < 4.78 is 0. The molecule has 0 atom stereocenters. The van der Waals surface area contributed by atoms with Gasteiger partial charge in [-0.3, -0.25) is 0 Å². The van der Waals surface area contributed by atoms with E-state index in [-0.39, 0.29) is 0 Å². The predicted octanol–water partition coefficient (Wildman–Crippen LogP) is 2.83. The number of halogens is 1. The van der Waals surface area contributed by atoms with Gasteiger partial charge in [0.15, 0.2) is 0 Å². The van der Waals surface area contributed by atoms with Crippen molar-refractivity contribution in [3.63, 3.8) is 0 Å². The van der Waals surface area contributed by atoms with Gasteiger partial charge < -0.3 is 10.6 Å². The molecule has 2 aromatic rings. The Morgan fingerprint density at radius 3 is 2.67 bits per heavy atom. The fraction of sp³-hybridized carbons (Fsp3) is 0.231. The van der Waals surface area contributed by atoms with Crippen molar-refractivity contribution in [2.75, 3.05) is 24.2 Å². The van der Waals surface area contributed by atoms with Crippen LogP contribution >= 0.6 is 11.6 Å². The van der Waals surface area contributed by atoms with E-state index in [0.717, 1.165) is 23.8 Å². The molecular weight excluding hydrogens is 248 g/mol. The highest BCUT2D eigenvalue weighted by atomic mass is 35.5. The van der Waals surface area contributed by atoms with Gasteiger partial charge in [-0.05, 0) is 30.2 Å². The zero-order valence-electron chi connectivity index (χ0n) is 10.2. The summed E-state index contributed by atoms with van der Waals surface area (Å²) in [7, 11) is 1.80. The molecule has 0 fully saturated rings. The van der Waals surface area contributed by atoms with E-state index in [1.807, 2.05) is 30.3 Å². The third kappa shape index (κ3) is 3.60. The summed E-state index contributed by atoms with van der Waals surface area (Å²) in [6, 6.07) is 9.72. The molecule has 1 aromatic carbocycles. The van der Waals surface area contributed by atoms with E-state index < -0.39 is 0 Å². The molecule has 2 rings (SSSR count). The number of hydrogen-bond donors (Lipinski definition) is 2. The number of benzene rings is 1. The van der Waals surface area contributed by atoms with E-state index in [1.165, 1.54) is 5.56 Å². The topological polar surface area (TPSA) is 49.8 Å². The van der Waals surface area contributed by atoms with Crippen molar-refractivity contribution in [1.29, 1.82) is 0 Å². The van der Waals surface area contributed by atoms with Gasteiger partial charge in [-0.25, -0.2) is 4.98 Å². The zero-order valence-corrected chi connectivity index (χ0v) is 10.9. The number of rotatable bonds is 5. The highest BCUT2D eigenvalue weighted by molar-refractivity contribution is 6.30. The lowest BCUT2D eigenvalue weighted by Gasteiger charge is -2.06. The molecule has 94 valence electrons. The summed E-state index contributed by atoms with van der Waals surface area (Å²) in [6.45, 7) is 0.821. The van der Waals surface area contributed by atoms with Crippen molar-refractivity contribution >= 4 is 23.4 Å². The lowest BCUT2D eigenvalue weighted by Crippen LogP contribution is -2.07. The van der Waals surface area contributed by atoms with Crippen LogP contribution in [0.15, 0.2) is 36.5 Å². The SMILES string of the molecule is CNc1nccc(NCCc2ccc(Cl)cc2)n1. The van der Waals surface area contributed by atoms with Gasteiger partial charge in [0.1, 0.15) is 5.82 Å². The summed E-state index contributed by atoms with van der Waals surface area (Å²) >= 11 is 5.84. The Hall–Kier alpha value is -1.81. The second-order valence-corrected chi connectivity index (χ2v) is 4.26. The summed E-state index contributed by atoms with van der Waals surface area (Å²) in [4.78, 5) is 8.34. The first kappa shape index (κ1) is 12.6. The first-order valence-corrected chi connectivity index (χ1v) is 6.15. The Morgan fingerprint density at radius 1 is 1.17 bits per heavy atom. The number of nitrogens with one attached hydrogen (secondary N) is 2. The minimum absolute atomic E-state index is 0.617. The molecule has 1 aromatic heterocycles. The molecule has 1 heterocycles. The van der Waals surface area contributed by atoms with Crippen LogP contribution in [0.3, 0.4) is 0 Å². The van der Waals surface area contributed by atoms with Gasteiger partial charge in [0.05, 0.1) is 0 Å². The number of anilines is 2. The van der Waals surface area contributed by atoms with E-state index in [4.69, 9.17) is 11.6 Å². The third-order valence-corrected chi connectivity index (χ3v) is 2.76. The second-order valence-electron chi connectivity index (χ2n) is 3.82. The molecule has 0 bridgehead atoms. The maximum atomic E-state index is 5.84. The fourth-order valence-electron chi connectivity index (χ4n) is 1.56. The molecule has 0 radical (unpaired) electrons. The molecule has 0 aliphatic carbocycles. The molecular formula is C13H15ClN4. The van der Waals surface area contributed by atoms with Crippen molar-refractivity contribution < 1.29 is 0 Å². The maximum absolute atomic E-state index is 5.84. The van der Waals surface area contributed by atoms with E-state index >= 15 is 0 Å². The summed E-state index contributed by atoms with van der Waals surface area (Å²) in [5.41, 5.74) is 1.25. The van der Waals surface area contributed by atoms with Crippen molar-refractivity contribution in [3.8, 4) is 0 Å². The van der Waals surface area contributed by atoms with E-state index in [2.05, 4.69) is 20.6 Å². The standard InChI is InChI=1S/C13H15ClN4/c1-15-13-17-9-7-12(18-13)16-8-6-10-2-4-11(14)5-3-10/h2-5,7,9H,6,8H2,1H3,(H2,15,16,17,18). The number of aromatic nitrogens is 2. The highest BCUT2D eigenvalue weighted by Crippen LogP contribution is 2.10. The van der Waals surface area contributed by atoms with Gasteiger partial charge in [-0.15, -0.1) is 0 Å². The van der Waals surface area contributed by atoms with Crippen LogP contribution in [0.25, 0.3) is 0 Å². The molecule has 0 saturated heterocycles. The van der Waals surface area contributed by atoms with Crippen molar-refractivity contribution in [1.82, 2.24) is 9.97 Å². The van der Waals surface area contributed by atoms with Crippen LogP contribution in [-0.4, -0.2) is 23.6 Å². The van der Waals surface area contributed by atoms with Crippen LogP contribution in [0.1, 0.15) is 5.56 Å². The lowest BCUT2D eigenvalue weighted by atomic mass is 10.1. The van der Waals surface area contributed by atoms with Crippen molar-refractivity contribution in [2.45, 2.75) is 6.42 Å². The average molecular weight is 263 g/mol. The van der Waals surface area contributed by atoms with E-state index in [1.54, 1.807) is 13.2 Å². The van der Waals surface area contributed by atoms with Crippen LogP contribution in [0.5, 0.6) is 0 Å². The number of hydrogen-bond acceptors (Lipinski definition) is 4. The fourth-order valence-corrected chi connectivity index (χ4v) is 1.69. The Balaban J connectivity index is 1.86. The van der Waals surface area contributed by atoms with Crippen molar-refractivity contribution in [3.05, 3.63) is 47.1 Å². The average Bonchev–Trinajstić information content (AvgIpc) is 2.41. The van der Waals surface area contributed by atoms with Crippen LogP contribution in [0.4, 0.5) is 11.8 Å². The Labute approximate surface area is 111 Å². The summed E-state index contributed by atoms with van der Waals surface area (Å²) in [5.74, 6) is 1.44. The van der Waals surface area contributed by atoms with Crippen LogP contribution in [0, 0.1) is 0 Å².